The molecule has 0 unspecified atom stereocenters. The molecule has 0 saturated heterocycles. The van der Waals surface area contributed by atoms with E-state index < -0.39 is 0 Å². The molecule has 0 fully saturated rings. The molecule has 1 aliphatic rings. The molecule has 0 bridgehead atoms. The highest BCUT2D eigenvalue weighted by atomic mass is 16.2. The topological polar surface area (TPSA) is 61.8 Å². The highest BCUT2D eigenvalue weighted by Crippen LogP contribution is 2.28. The van der Waals surface area contributed by atoms with Crippen LogP contribution < -0.4 is 11.2 Å². The van der Waals surface area contributed by atoms with Crippen LogP contribution in [0.2, 0.25) is 0 Å². The van der Waals surface area contributed by atoms with Crippen molar-refractivity contribution < 1.29 is 0 Å². The smallest absolute Gasteiger partial charge is 0.322 e. The standard InChI is InChI=1S/C11H14N4O2/c1-6-4-5-15-7-9(12-8(6)15)13(2)11(17)14(3)10(7)16/h6H,4-5H2,1-3H3/t6-/m1/s1. The third-order valence-corrected chi connectivity index (χ3v) is 3.60. The second-order valence-electron chi connectivity index (χ2n) is 4.69. The number of fused-ring (bicyclic) bond motifs is 3. The van der Waals surface area contributed by atoms with Gasteiger partial charge < -0.3 is 4.57 Å². The van der Waals surface area contributed by atoms with Crippen molar-refractivity contribution in [3.63, 3.8) is 0 Å². The lowest BCUT2D eigenvalue weighted by atomic mass is 10.1. The predicted molar refractivity (Wildman–Crippen MR) is 63.2 cm³/mol. The molecule has 3 heterocycles. The van der Waals surface area contributed by atoms with Crippen LogP contribution in [0.4, 0.5) is 0 Å². The normalized spacial score (nSPS) is 18.9. The number of rotatable bonds is 0. The zero-order valence-corrected chi connectivity index (χ0v) is 10.1. The summed E-state index contributed by atoms with van der Waals surface area (Å²) in [4.78, 5) is 28.4. The van der Waals surface area contributed by atoms with Crippen molar-refractivity contribution in [2.75, 3.05) is 0 Å². The van der Waals surface area contributed by atoms with Gasteiger partial charge in [0.15, 0.2) is 11.2 Å². The largest absolute Gasteiger partial charge is 0.332 e. The highest BCUT2D eigenvalue weighted by Gasteiger charge is 2.26. The Morgan fingerprint density at radius 3 is 2.65 bits per heavy atom. The molecular formula is C11H14N4O2. The van der Waals surface area contributed by atoms with Gasteiger partial charge >= 0.3 is 5.69 Å². The molecule has 0 N–H and O–H groups in total. The SMILES string of the molecule is C[C@@H]1CCn2c1nc1c2c(=O)n(C)c(=O)n1C. The number of aromatic nitrogens is 4. The minimum atomic E-state index is -0.327. The minimum absolute atomic E-state index is 0.254. The van der Waals surface area contributed by atoms with Gasteiger partial charge in [0.25, 0.3) is 5.56 Å². The van der Waals surface area contributed by atoms with Gasteiger partial charge in [-0.3, -0.25) is 13.9 Å². The van der Waals surface area contributed by atoms with Gasteiger partial charge in [-0.2, -0.15) is 0 Å². The van der Waals surface area contributed by atoms with Crippen LogP contribution in [-0.2, 0) is 20.6 Å². The molecular weight excluding hydrogens is 220 g/mol. The first-order valence-corrected chi connectivity index (χ1v) is 5.68. The Morgan fingerprint density at radius 1 is 1.24 bits per heavy atom. The van der Waals surface area contributed by atoms with Gasteiger partial charge in [-0.05, 0) is 6.42 Å². The van der Waals surface area contributed by atoms with E-state index in [4.69, 9.17) is 0 Å². The van der Waals surface area contributed by atoms with E-state index in [1.807, 2.05) is 4.57 Å². The molecule has 6 nitrogen and oxygen atoms in total. The second kappa shape index (κ2) is 3.09. The first-order valence-electron chi connectivity index (χ1n) is 5.68. The van der Waals surface area contributed by atoms with Crippen molar-refractivity contribution in [3.05, 3.63) is 26.7 Å². The van der Waals surface area contributed by atoms with Crippen LogP contribution in [0.15, 0.2) is 9.59 Å². The molecule has 0 saturated carbocycles. The summed E-state index contributed by atoms with van der Waals surface area (Å²) in [6.45, 7) is 2.90. The van der Waals surface area contributed by atoms with Gasteiger partial charge in [-0.1, -0.05) is 6.92 Å². The summed E-state index contributed by atoms with van der Waals surface area (Å²) in [6, 6.07) is 0. The first-order chi connectivity index (χ1) is 8.02. The number of nitrogens with zero attached hydrogens (tertiary/aromatic N) is 4. The summed E-state index contributed by atoms with van der Waals surface area (Å²) in [5.41, 5.74) is 0.469. The van der Waals surface area contributed by atoms with E-state index in [1.165, 1.54) is 11.6 Å². The fourth-order valence-corrected chi connectivity index (χ4v) is 2.52. The van der Waals surface area contributed by atoms with Crippen LogP contribution in [0, 0.1) is 0 Å². The third-order valence-electron chi connectivity index (χ3n) is 3.60. The average molecular weight is 234 g/mol. The maximum atomic E-state index is 12.1. The van der Waals surface area contributed by atoms with E-state index in [9.17, 15) is 9.59 Å². The van der Waals surface area contributed by atoms with Crippen LogP contribution >= 0.6 is 0 Å². The van der Waals surface area contributed by atoms with Crippen LogP contribution in [-0.4, -0.2) is 18.7 Å². The van der Waals surface area contributed by atoms with Crippen molar-refractivity contribution in [3.8, 4) is 0 Å². The van der Waals surface area contributed by atoms with Crippen molar-refractivity contribution >= 4 is 11.2 Å². The fraction of sp³-hybridized carbons (Fsp3) is 0.545. The molecule has 0 amide bonds. The van der Waals surface area contributed by atoms with Crippen molar-refractivity contribution in [1.29, 1.82) is 0 Å². The van der Waals surface area contributed by atoms with E-state index in [0.717, 1.165) is 23.4 Å². The van der Waals surface area contributed by atoms with Crippen LogP contribution in [0.3, 0.4) is 0 Å². The number of hydrogen-bond donors (Lipinski definition) is 0. The van der Waals surface area contributed by atoms with Gasteiger partial charge in [-0.25, -0.2) is 9.78 Å². The Labute approximate surface area is 97.1 Å². The Bertz CT molecular complexity index is 734. The molecule has 17 heavy (non-hydrogen) atoms. The van der Waals surface area contributed by atoms with Crippen molar-refractivity contribution in [2.24, 2.45) is 14.1 Å². The molecule has 90 valence electrons. The summed E-state index contributed by atoms with van der Waals surface area (Å²) in [6.07, 6.45) is 1.00. The Hall–Kier alpha value is -1.85. The van der Waals surface area contributed by atoms with E-state index >= 15 is 0 Å². The summed E-state index contributed by atoms with van der Waals surface area (Å²) < 4.78 is 4.52. The Balaban J connectivity index is 2.58. The van der Waals surface area contributed by atoms with Crippen LogP contribution in [0.5, 0.6) is 0 Å². The zero-order valence-electron chi connectivity index (χ0n) is 10.1. The van der Waals surface area contributed by atoms with Crippen LogP contribution in [0.25, 0.3) is 11.2 Å². The summed E-state index contributed by atoms with van der Waals surface area (Å²) in [7, 11) is 3.15. The summed E-state index contributed by atoms with van der Waals surface area (Å²) in [5, 5.41) is 0. The predicted octanol–water partition coefficient (Wildman–Crippen LogP) is -0.0591. The molecule has 0 radical (unpaired) electrons. The molecule has 6 heteroatoms. The zero-order chi connectivity index (χ0) is 12.3. The lowest BCUT2D eigenvalue weighted by molar-refractivity contribution is 0.681. The first kappa shape index (κ1) is 10.3. The number of imidazole rings is 1. The lowest BCUT2D eigenvalue weighted by Gasteiger charge is -2.04. The minimum Gasteiger partial charge on any atom is -0.322 e. The number of aryl methyl sites for hydroxylation is 2. The lowest BCUT2D eigenvalue weighted by Crippen LogP contribution is -2.37. The van der Waals surface area contributed by atoms with E-state index in [-0.39, 0.29) is 11.2 Å². The molecule has 0 aromatic carbocycles. The van der Waals surface area contributed by atoms with Gasteiger partial charge in [-0.15, -0.1) is 0 Å². The van der Waals surface area contributed by atoms with Crippen molar-refractivity contribution in [2.45, 2.75) is 25.8 Å². The molecule has 3 rings (SSSR count). The molecule has 2 aromatic rings. The maximum Gasteiger partial charge on any atom is 0.332 e. The van der Waals surface area contributed by atoms with Gasteiger partial charge in [0.05, 0.1) is 0 Å². The van der Waals surface area contributed by atoms with E-state index in [2.05, 4.69) is 11.9 Å². The molecule has 2 aromatic heterocycles. The van der Waals surface area contributed by atoms with Crippen molar-refractivity contribution in [1.82, 2.24) is 18.7 Å². The Kier molecular flexibility index (Phi) is 1.87. The van der Waals surface area contributed by atoms with E-state index in [0.29, 0.717) is 17.1 Å². The van der Waals surface area contributed by atoms with Gasteiger partial charge in [0, 0.05) is 26.6 Å². The highest BCUT2D eigenvalue weighted by molar-refractivity contribution is 5.71. The van der Waals surface area contributed by atoms with Gasteiger partial charge in [0.2, 0.25) is 0 Å². The average Bonchev–Trinajstić information content (AvgIpc) is 2.84. The van der Waals surface area contributed by atoms with Crippen LogP contribution in [0.1, 0.15) is 25.1 Å². The second-order valence-corrected chi connectivity index (χ2v) is 4.69. The molecule has 0 aliphatic carbocycles. The quantitative estimate of drug-likeness (QED) is 0.641. The monoisotopic (exact) mass is 234 g/mol. The fourth-order valence-electron chi connectivity index (χ4n) is 2.52. The van der Waals surface area contributed by atoms with E-state index in [1.54, 1.807) is 7.05 Å². The third kappa shape index (κ3) is 1.12. The molecule has 1 atom stereocenters. The maximum absolute atomic E-state index is 12.1. The summed E-state index contributed by atoms with van der Waals surface area (Å²) in [5.74, 6) is 1.26. The Morgan fingerprint density at radius 2 is 1.94 bits per heavy atom. The molecule has 0 spiro atoms. The molecule has 1 aliphatic heterocycles. The number of hydrogen-bond acceptors (Lipinski definition) is 3. The summed E-state index contributed by atoms with van der Waals surface area (Å²) >= 11 is 0. The van der Waals surface area contributed by atoms with Gasteiger partial charge in [0.1, 0.15) is 5.82 Å².